The first-order valence-corrected chi connectivity index (χ1v) is 10.6. The van der Waals surface area contributed by atoms with Gasteiger partial charge in [0.05, 0.1) is 16.9 Å². The summed E-state index contributed by atoms with van der Waals surface area (Å²) in [4.78, 5) is 18.5. The van der Waals surface area contributed by atoms with Crippen molar-refractivity contribution in [3.8, 4) is 0 Å². The monoisotopic (exact) mass is 421 g/mol. The molecular weight excluding hydrogens is 394 g/mol. The Hall–Kier alpha value is -2.06. The summed E-state index contributed by atoms with van der Waals surface area (Å²) < 4.78 is 13.3. The second-order valence-electron chi connectivity index (χ2n) is 8.69. The van der Waals surface area contributed by atoms with Crippen LogP contribution in [0.4, 0.5) is 10.6 Å². The van der Waals surface area contributed by atoms with E-state index in [4.69, 9.17) is 26.2 Å². The van der Waals surface area contributed by atoms with Crippen LogP contribution in [0, 0.1) is 0 Å². The van der Waals surface area contributed by atoms with E-state index in [0.29, 0.717) is 11.7 Å². The highest BCUT2D eigenvalue weighted by atomic mass is 35.5. The molecule has 0 bridgehead atoms. The number of hydrogen-bond donors (Lipinski definition) is 1. The van der Waals surface area contributed by atoms with Crippen LogP contribution in [0.2, 0.25) is 5.15 Å². The summed E-state index contributed by atoms with van der Waals surface area (Å²) in [6.45, 7) is 7.78. The Labute approximate surface area is 175 Å². The predicted molar refractivity (Wildman–Crippen MR) is 111 cm³/mol. The molecule has 1 unspecified atom stereocenters. The number of rotatable bonds is 3. The average molecular weight is 422 g/mol. The van der Waals surface area contributed by atoms with Gasteiger partial charge in [0.15, 0.2) is 12.0 Å². The van der Waals surface area contributed by atoms with Gasteiger partial charge in [0.2, 0.25) is 0 Å². The molecule has 0 saturated carbocycles. The third kappa shape index (κ3) is 4.59. The maximum Gasteiger partial charge on any atom is 0.407 e. The lowest BCUT2D eigenvalue weighted by molar-refractivity contribution is -0.0365. The number of amides is 1. The molecule has 0 radical (unpaired) electrons. The molecule has 2 aliphatic rings. The minimum absolute atomic E-state index is 0.0104. The van der Waals surface area contributed by atoms with Crippen LogP contribution in [0.1, 0.15) is 52.7 Å². The number of halogens is 1. The van der Waals surface area contributed by atoms with Gasteiger partial charge in [-0.2, -0.15) is 5.10 Å². The van der Waals surface area contributed by atoms with E-state index in [2.05, 4.69) is 15.2 Å². The number of aromatic nitrogens is 3. The minimum Gasteiger partial charge on any atom is -0.444 e. The molecule has 0 spiro atoms. The Bertz CT molecular complexity index is 888. The van der Waals surface area contributed by atoms with Crippen LogP contribution in [0.15, 0.2) is 12.3 Å². The molecule has 29 heavy (non-hydrogen) atoms. The molecule has 1 N–H and O–H groups in total. The topological polar surface area (TPSA) is 81.5 Å². The highest BCUT2D eigenvalue weighted by Crippen LogP contribution is 2.34. The van der Waals surface area contributed by atoms with Gasteiger partial charge in [0.25, 0.3) is 0 Å². The van der Waals surface area contributed by atoms with Crippen molar-refractivity contribution in [3.05, 3.63) is 17.4 Å². The van der Waals surface area contributed by atoms with E-state index in [9.17, 15) is 4.79 Å². The van der Waals surface area contributed by atoms with E-state index in [1.54, 1.807) is 6.20 Å². The Balaban J connectivity index is 1.54. The molecule has 2 atom stereocenters. The zero-order valence-corrected chi connectivity index (χ0v) is 17.9. The van der Waals surface area contributed by atoms with Crippen molar-refractivity contribution in [2.75, 3.05) is 24.6 Å². The molecule has 2 aromatic rings. The highest BCUT2D eigenvalue weighted by molar-refractivity contribution is 6.30. The van der Waals surface area contributed by atoms with Crippen LogP contribution in [0.3, 0.4) is 0 Å². The number of hydrogen-bond acceptors (Lipinski definition) is 6. The summed E-state index contributed by atoms with van der Waals surface area (Å²) in [5.41, 5.74) is 0.415. The summed E-state index contributed by atoms with van der Waals surface area (Å²) in [5, 5.41) is 9.23. The van der Waals surface area contributed by atoms with Crippen molar-refractivity contribution in [1.29, 1.82) is 0 Å². The molecule has 158 valence electrons. The van der Waals surface area contributed by atoms with E-state index < -0.39 is 5.60 Å². The highest BCUT2D eigenvalue weighted by Gasteiger charge is 2.30. The zero-order valence-electron chi connectivity index (χ0n) is 17.2. The summed E-state index contributed by atoms with van der Waals surface area (Å²) in [6.07, 6.45) is 5.25. The van der Waals surface area contributed by atoms with Gasteiger partial charge in [-0.1, -0.05) is 11.6 Å². The molecule has 8 nitrogen and oxygen atoms in total. The van der Waals surface area contributed by atoms with Crippen LogP contribution < -0.4 is 10.2 Å². The summed E-state index contributed by atoms with van der Waals surface area (Å²) in [5.74, 6) is 0.854. The Kier molecular flexibility index (Phi) is 5.57. The molecule has 9 heteroatoms. The lowest BCUT2D eigenvalue weighted by atomic mass is 10.2. The number of carbonyl (C=O) groups is 1. The van der Waals surface area contributed by atoms with Crippen LogP contribution in [0.5, 0.6) is 0 Å². The molecule has 2 saturated heterocycles. The van der Waals surface area contributed by atoms with Crippen molar-refractivity contribution in [2.24, 2.45) is 0 Å². The van der Waals surface area contributed by atoms with Crippen molar-refractivity contribution < 1.29 is 14.3 Å². The number of anilines is 1. The van der Waals surface area contributed by atoms with E-state index in [1.165, 1.54) is 0 Å². The quantitative estimate of drug-likeness (QED) is 0.757. The van der Waals surface area contributed by atoms with E-state index in [1.807, 2.05) is 31.5 Å². The third-order valence-electron chi connectivity index (χ3n) is 5.18. The fourth-order valence-corrected chi connectivity index (χ4v) is 4.06. The van der Waals surface area contributed by atoms with Gasteiger partial charge in [-0.25, -0.2) is 14.5 Å². The SMILES string of the molecule is CC(C)(C)OC(=O)N[C@@H]1CCN(c2nn(C3CCCCO3)c3cc(Cl)ncc23)C1. The van der Waals surface area contributed by atoms with Crippen LogP contribution >= 0.6 is 11.6 Å². The van der Waals surface area contributed by atoms with Gasteiger partial charge >= 0.3 is 6.09 Å². The van der Waals surface area contributed by atoms with Crippen molar-refractivity contribution in [2.45, 2.75) is 64.3 Å². The molecule has 1 amide bonds. The standard InChI is InChI=1S/C20H28ClN5O3/c1-20(2,3)29-19(27)23-13-7-8-25(12-13)18-14-11-22-16(21)10-15(14)26(24-18)17-6-4-5-9-28-17/h10-11,13,17H,4-9,12H2,1-3H3,(H,23,27)/t13-,17?/m1/s1. The van der Waals surface area contributed by atoms with Gasteiger partial charge in [0, 0.05) is 32.0 Å². The van der Waals surface area contributed by atoms with Gasteiger partial charge in [-0.05, 0) is 46.5 Å². The smallest absolute Gasteiger partial charge is 0.407 e. The number of nitrogens with zero attached hydrogens (tertiary/aromatic N) is 4. The molecule has 2 aliphatic heterocycles. The van der Waals surface area contributed by atoms with E-state index >= 15 is 0 Å². The lowest BCUT2D eigenvalue weighted by Gasteiger charge is -2.23. The number of ether oxygens (including phenoxy) is 2. The maximum atomic E-state index is 12.1. The van der Waals surface area contributed by atoms with Crippen LogP contribution in [-0.4, -0.2) is 52.2 Å². The largest absolute Gasteiger partial charge is 0.444 e. The van der Waals surface area contributed by atoms with Gasteiger partial charge in [-0.3, -0.25) is 0 Å². The number of nitrogens with one attached hydrogen (secondary N) is 1. The fraction of sp³-hybridized carbons (Fsp3) is 0.650. The van der Waals surface area contributed by atoms with Crippen LogP contribution in [-0.2, 0) is 9.47 Å². The Morgan fingerprint density at radius 1 is 1.34 bits per heavy atom. The van der Waals surface area contributed by atoms with Gasteiger partial charge < -0.3 is 19.7 Å². The van der Waals surface area contributed by atoms with Crippen molar-refractivity contribution >= 4 is 34.4 Å². The minimum atomic E-state index is -0.512. The first-order chi connectivity index (χ1) is 13.8. The molecule has 4 rings (SSSR count). The van der Waals surface area contributed by atoms with Crippen LogP contribution in [0.25, 0.3) is 10.9 Å². The molecule has 4 heterocycles. The normalized spacial score (nSPS) is 22.8. The van der Waals surface area contributed by atoms with Gasteiger partial charge in [-0.15, -0.1) is 0 Å². The van der Waals surface area contributed by atoms with E-state index in [0.717, 1.165) is 55.6 Å². The maximum absolute atomic E-state index is 12.1. The fourth-order valence-electron chi connectivity index (χ4n) is 3.91. The predicted octanol–water partition coefficient (Wildman–Crippen LogP) is 3.89. The zero-order chi connectivity index (χ0) is 20.6. The Morgan fingerprint density at radius 2 is 2.17 bits per heavy atom. The van der Waals surface area contributed by atoms with Gasteiger partial charge in [0.1, 0.15) is 10.8 Å². The second kappa shape index (κ2) is 7.99. The molecule has 2 aromatic heterocycles. The van der Waals surface area contributed by atoms with Crippen molar-refractivity contribution in [3.63, 3.8) is 0 Å². The summed E-state index contributed by atoms with van der Waals surface area (Å²) in [6, 6.07) is 1.86. The number of pyridine rings is 1. The van der Waals surface area contributed by atoms with Crippen molar-refractivity contribution in [1.82, 2.24) is 20.1 Å². The third-order valence-corrected chi connectivity index (χ3v) is 5.38. The summed E-state index contributed by atoms with van der Waals surface area (Å²) in [7, 11) is 0. The Morgan fingerprint density at radius 3 is 2.90 bits per heavy atom. The molecule has 2 fully saturated rings. The first-order valence-electron chi connectivity index (χ1n) is 10.2. The molecule has 0 aromatic carbocycles. The number of alkyl carbamates (subject to hydrolysis) is 1. The number of fused-ring (bicyclic) bond motifs is 1. The number of carbonyl (C=O) groups excluding carboxylic acids is 1. The summed E-state index contributed by atoms with van der Waals surface area (Å²) >= 11 is 6.16. The molecule has 0 aliphatic carbocycles. The molecular formula is C20H28ClN5O3. The average Bonchev–Trinajstić information content (AvgIpc) is 3.25. The first kappa shape index (κ1) is 20.2. The second-order valence-corrected chi connectivity index (χ2v) is 9.08. The lowest BCUT2D eigenvalue weighted by Crippen LogP contribution is -2.40. The van der Waals surface area contributed by atoms with E-state index in [-0.39, 0.29) is 18.4 Å².